The molecule has 2 aromatic rings. The molecule has 1 aromatic heterocycles. The molecule has 6 nitrogen and oxygen atoms in total. The highest BCUT2D eigenvalue weighted by Crippen LogP contribution is 2.35. The number of hydrogen-bond donors (Lipinski definition) is 2. The number of benzene rings is 1. The van der Waals surface area contributed by atoms with E-state index in [1.165, 1.54) is 12.1 Å². The first-order valence-electron chi connectivity index (χ1n) is 10.9. The number of alkyl halides is 3. The highest BCUT2D eigenvalue weighted by Gasteiger charge is 2.36. The number of aromatic nitrogens is 2. The van der Waals surface area contributed by atoms with Crippen LogP contribution in [0.3, 0.4) is 0 Å². The molecule has 178 valence electrons. The van der Waals surface area contributed by atoms with Crippen molar-refractivity contribution in [2.75, 3.05) is 43.1 Å². The van der Waals surface area contributed by atoms with Crippen LogP contribution in [0.25, 0.3) is 0 Å². The van der Waals surface area contributed by atoms with E-state index in [9.17, 15) is 17.6 Å². The van der Waals surface area contributed by atoms with Crippen LogP contribution >= 0.6 is 12.2 Å². The third-order valence-electron chi connectivity index (χ3n) is 6.15. The number of anilines is 2. The Labute approximate surface area is 194 Å². The van der Waals surface area contributed by atoms with Crippen LogP contribution in [0.4, 0.5) is 29.3 Å². The van der Waals surface area contributed by atoms with Gasteiger partial charge in [0.15, 0.2) is 10.8 Å². The number of ether oxygens (including phenoxy) is 1. The molecule has 2 aliphatic rings. The number of nitrogens with one attached hydrogen (secondary N) is 2. The average molecular weight is 484 g/mol. The van der Waals surface area contributed by atoms with Gasteiger partial charge in [-0.05, 0) is 55.6 Å². The second-order valence-electron chi connectivity index (χ2n) is 8.33. The zero-order valence-electron chi connectivity index (χ0n) is 17.9. The Kier molecular flexibility index (Phi) is 6.99. The highest BCUT2D eigenvalue weighted by atomic mass is 32.1. The average Bonchev–Trinajstić information content (AvgIpc) is 3.33. The van der Waals surface area contributed by atoms with E-state index in [0.717, 1.165) is 24.5 Å². The number of hydrogen-bond acceptors (Lipinski definition) is 5. The highest BCUT2D eigenvalue weighted by molar-refractivity contribution is 7.80. The lowest BCUT2D eigenvalue weighted by molar-refractivity contribution is -0.141. The Morgan fingerprint density at radius 1 is 1.09 bits per heavy atom. The first kappa shape index (κ1) is 23.6. The Morgan fingerprint density at radius 2 is 1.76 bits per heavy atom. The quantitative estimate of drug-likeness (QED) is 0.487. The molecule has 1 aromatic carbocycles. The molecule has 3 heterocycles. The number of halogens is 4. The van der Waals surface area contributed by atoms with E-state index in [4.69, 9.17) is 17.0 Å². The van der Waals surface area contributed by atoms with Gasteiger partial charge in [-0.3, -0.25) is 0 Å². The van der Waals surface area contributed by atoms with E-state index in [2.05, 4.69) is 20.6 Å². The summed E-state index contributed by atoms with van der Waals surface area (Å²) in [6.07, 6.45) is -1.38. The van der Waals surface area contributed by atoms with Gasteiger partial charge in [0.25, 0.3) is 0 Å². The normalized spacial score (nSPS) is 18.2. The summed E-state index contributed by atoms with van der Waals surface area (Å²) < 4.78 is 59.1. The minimum atomic E-state index is -4.60. The maximum atomic E-state index is 13.4. The molecule has 33 heavy (non-hydrogen) atoms. The van der Waals surface area contributed by atoms with Crippen LogP contribution in [-0.2, 0) is 16.3 Å². The lowest BCUT2D eigenvalue weighted by Crippen LogP contribution is -2.45. The van der Waals surface area contributed by atoms with Gasteiger partial charge in [0.1, 0.15) is 11.6 Å². The molecule has 0 radical (unpaired) electrons. The molecule has 11 heteroatoms. The third kappa shape index (κ3) is 5.70. The Balaban J connectivity index is 1.49. The maximum absolute atomic E-state index is 13.4. The van der Waals surface area contributed by atoms with Crippen molar-refractivity contribution in [3.05, 3.63) is 47.4 Å². The second kappa shape index (κ2) is 9.76. The van der Waals surface area contributed by atoms with Gasteiger partial charge in [-0.25, -0.2) is 9.37 Å². The molecule has 0 amide bonds. The summed E-state index contributed by atoms with van der Waals surface area (Å²) in [6.45, 7) is 2.81. The number of nitrogens with zero attached hydrogens (tertiary/aromatic N) is 3. The standard InChI is InChI=1S/C22H25F4N5OS/c23-16-5-3-15(4-6-16)21(7-11-32-12-8-21)14-27-20(33)30-19-28-17(22(24,25)26)13-18(29-19)31-9-1-2-10-31/h3-6,13H,1-2,7-12,14H2,(H2,27,28,29,30,33). The molecular weight excluding hydrogens is 458 g/mol. The Hall–Kier alpha value is -2.53. The number of rotatable bonds is 5. The van der Waals surface area contributed by atoms with Crippen LogP contribution in [0.2, 0.25) is 0 Å². The first-order chi connectivity index (χ1) is 15.7. The van der Waals surface area contributed by atoms with E-state index in [1.54, 1.807) is 12.1 Å². The van der Waals surface area contributed by atoms with Crippen LogP contribution in [0.1, 0.15) is 36.9 Å². The fourth-order valence-electron chi connectivity index (χ4n) is 4.27. The lowest BCUT2D eigenvalue weighted by Gasteiger charge is -2.38. The lowest BCUT2D eigenvalue weighted by atomic mass is 9.74. The van der Waals surface area contributed by atoms with E-state index in [0.29, 0.717) is 45.7 Å². The van der Waals surface area contributed by atoms with Gasteiger partial charge < -0.3 is 20.3 Å². The molecule has 2 saturated heterocycles. The van der Waals surface area contributed by atoms with Crippen molar-refractivity contribution in [2.45, 2.75) is 37.3 Å². The van der Waals surface area contributed by atoms with Gasteiger partial charge >= 0.3 is 6.18 Å². The largest absolute Gasteiger partial charge is 0.433 e. The van der Waals surface area contributed by atoms with E-state index in [-0.39, 0.29) is 28.1 Å². The zero-order valence-corrected chi connectivity index (χ0v) is 18.7. The topological polar surface area (TPSA) is 62.3 Å². The summed E-state index contributed by atoms with van der Waals surface area (Å²) in [7, 11) is 0. The van der Waals surface area contributed by atoms with E-state index >= 15 is 0 Å². The number of thiocarbonyl (C=S) groups is 1. The van der Waals surface area contributed by atoms with Crippen LogP contribution in [0, 0.1) is 5.82 Å². The van der Waals surface area contributed by atoms with Gasteiger partial charge in [-0.2, -0.15) is 18.2 Å². The van der Waals surface area contributed by atoms with Crippen LogP contribution < -0.4 is 15.5 Å². The van der Waals surface area contributed by atoms with Crippen LogP contribution in [0.15, 0.2) is 30.3 Å². The van der Waals surface area contributed by atoms with Gasteiger partial charge in [0.05, 0.1) is 0 Å². The maximum Gasteiger partial charge on any atom is 0.433 e. The molecule has 4 rings (SSSR count). The Morgan fingerprint density at radius 3 is 2.39 bits per heavy atom. The Bertz CT molecular complexity index is 974. The summed E-state index contributed by atoms with van der Waals surface area (Å²) in [6, 6.07) is 7.30. The smallest absolute Gasteiger partial charge is 0.381 e. The minimum absolute atomic E-state index is 0.120. The van der Waals surface area contributed by atoms with E-state index < -0.39 is 11.9 Å². The molecule has 0 atom stereocenters. The second-order valence-corrected chi connectivity index (χ2v) is 8.74. The molecule has 0 saturated carbocycles. The van der Waals surface area contributed by atoms with Crippen molar-refractivity contribution >= 4 is 29.1 Å². The fraction of sp³-hybridized carbons (Fsp3) is 0.500. The fourth-order valence-corrected chi connectivity index (χ4v) is 4.44. The molecule has 2 aliphatic heterocycles. The van der Waals surface area contributed by atoms with Crippen molar-refractivity contribution in [1.29, 1.82) is 0 Å². The van der Waals surface area contributed by atoms with Crippen molar-refractivity contribution in [1.82, 2.24) is 15.3 Å². The molecule has 0 unspecified atom stereocenters. The van der Waals surface area contributed by atoms with Gasteiger partial charge in [0.2, 0.25) is 5.95 Å². The molecule has 0 aliphatic carbocycles. The molecule has 0 spiro atoms. The predicted molar refractivity (Wildman–Crippen MR) is 121 cm³/mol. The predicted octanol–water partition coefficient (Wildman–Crippen LogP) is 4.27. The summed E-state index contributed by atoms with van der Waals surface area (Å²) >= 11 is 5.35. The zero-order chi connectivity index (χ0) is 23.5. The minimum Gasteiger partial charge on any atom is -0.381 e. The van der Waals surface area contributed by atoms with Crippen molar-refractivity contribution < 1.29 is 22.3 Å². The van der Waals surface area contributed by atoms with Gasteiger partial charge in [0, 0.05) is 44.3 Å². The molecule has 0 bridgehead atoms. The molecule has 2 fully saturated rings. The summed E-state index contributed by atoms with van der Waals surface area (Å²) in [5, 5.41) is 5.93. The molecular formula is C22H25F4N5OS. The summed E-state index contributed by atoms with van der Waals surface area (Å²) in [4.78, 5) is 9.71. The van der Waals surface area contributed by atoms with E-state index in [1.807, 2.05) is 4.90 Å². The molecule has 2 N–H and O–H groups in total. The summed E-state index contributed by atoms with van der Waals surface area (Å²) in [5.41, 5.74) is -0.404. The third-order valence-corrected chi connectivity index (χ3v) is 6.40. The van der Waals surface area contributed by atoms with Gasteiger partial charge in [-0.15, -0.1) is 0 Å². The van der Waals surface area contributed by atoms with Crippen LogP contribution in [-0.4, -0.2) is 47.9 Å². The van der Waals surface area contributed by atoms with Crippen molar-refractivity contribution in [2.24, 2.45) is 0 Å². The monoisotopic (exact) mass is 483 g/mol. The first-order valence-corrected chi connectivity index (χ1v) is 11.3. The summed E-state index contributed by atoms with van der Waals surface area (Å²) in [5.74, 6) is -0.291. The van der Waals surface area contributed by atoms with Crippen molar-refractivity contribution in [3.8, 4) is 0 Å². The van der Waals surface area contributed by atoms with Gasteiger partial charge in [-0.1, -0.05) is 12.1 Å². The van der Waals surface area contributed by atoms with Crippen molar-refractivity contribution in [3.63, 3.8) is 0 Å². The van der Waals surface area contributed by atoms with Crippen LogP contribution in [0.5, 0.6) is 0 Å². The SMILES string of the molecule is Fc1ccc(C2(CNC(=S)Nc3nc(N4CCCC4)cc(C(F)(F)F)n3)CCOCC2)cc1.